The summed E-state index contributed by atoms with van der Waals surface area (Å²) in [6.07, 6.45) is 1.17. The van der Waals surface area contributed by atoms with Crippen LogP contribution in [0.2, 0.25) is 0 Å². The van der Waals surface area contributed by atoms with Crippen LogP contribution in [0.1, 0.15) is 11.1 Å². The third-order valence-electron chi connectivity index (χ3n) is 3.93. The van der Waals surface area contributed by atoms with Crippen LogP contribution in [0.5, 0.6) is 5.75 Å². The van der Waals surface area contributed by atoms with Crippen molar-refractivity contribution in [2.75, 3.05) is 13.2 Å². The minimum Gasteiger partial charge on any atom is -0.327 e. The molecular formula is C22H23O5P. The van der Waals surface area contributed by atoms with Crippen molar-refractivity contribution < 1.29 is 23.2 Å². The fourth-order valence-corrected chi connectivity index (χ4v) is 3.45. The van der Waals surface area contributed by atoms with Crippen molar-refractivity contribution in [2.45, 2.75) is 12.8 Å². The molecule has 6 heteroatoms. The van der Waals surface area contributed by atoms with Crippen molar-refractivity contribution in [1.82, 2.24) is 0 Å². The van der Waals surface area contributed by atoms with E-state index >= 15 is 0 Å². The molecule has 0 aliphatic heterocycles. The van der Waals surface area contributed by atoms with Gasteiger partial charge >= 0.3 is 7.82 Å². The van der Waals surface area contributed by atoms with Gasteiger partial charge < -0.3 is 4.89 Å². The number of para-hydroxylation sites is 1. The Morgan fingerprint density at radius 3 is 1.50 bits per heavy atom. The summed E-state index contributed by atoms with van der Waals surface area (Å²) in [5.74, 6) is 0.418. The summed E-state index contributed by atoms with van der Waals surface area (Å²) in [7, 11) is -3.88. The number of rotatable bonds is 11. The molecule has 0 heterocycles. The Morgan fingerprint density at radius 2 is 1.04 bits per heavy atom. The summed E-state index contributed by atoms with van der Waals surface area (Å²) < 4.78 is 29.0. The maximum atomic E-state index is 13.0. The number of hydrogen-bond donors (Lipinski definition) is 0. The van der Waals surface area contributed by atoms with Crippen molar-refractivity contribution in [3.05, 3.63) is 102 Å². The Hall–Kier alpha value is -2.43. The van der Waals surface area contributed by atoms with E-state index in [9.17, 15) is 4.57 Å². The Bertz CT molecular complexity index is 806. The van der Waals surface area contributed by atoms with E-state index < -0.39 is 7.82 Å². The van der Waals surface area contributed by atoms with E-state index in [0.717, 1.165) is 11.1 Å². The van der Waals surface area contributed by atoms with Gasteiger partial charge in [0.05, 0.1) is 13.2 Å². The number of phosphoric acid groups is 1. The van der Waals surface area contributed by atoms with E-state index in [0.29, 0.717) is 18.6 Å². The second kappa shape index (κ2) is 10.8. The van der Waals surface area contributed by atoms with Gasteiger partial charge in [0.2, 0.25) is 0 Å². The van der Waals surface area contributed by atoms with E-state index in [-0.39, 0.29) is 13.2 Å². The van der Waals surface area contributed by atoms with E-state index in [4.69, 9.17) is 18.6 Å². The summed E-state index contributed by atoms with van der Waals surface area (Å²) in [6, 6.07) is 28.4. The Labute approximate surface area is 165 Å². The van der Waals surface area contributed by atoms with Crippen molar-refractivity contribution in [2.24, 2.45) is 0 Å². The highest BCUT2D eigenvalue weighted by Crippen LogP contribution is 2.49. The van der Waals surface area contributed by atoms with Gasteiger partial charge in [-0.25, -0.2) is 4.57 Å². The van der Waals surface area contributed by atoms with Gasteiger partial charge in [0, 0.05) is 0 Å². The number of hydrogen-bond acceptors (Lipinski definition) is 5. The molecule has 3 aromatic carbocycles. The predicted molar refractivity (Wildman–Crippen MR) is 108 cm³/mol. The molecule has 0 radical (unpaired) electrons. The highest BCUT2D eigenvalue weighted by molar-refractivity contribution is 7.48. The maximum Gasteiger partial charge on any atom is 0.511 e. The van der Waals surface area contributed by atoms with Crippen LogP contribution >= 0.6 is 7.82 Å². The second-order valence-electron chi connectivity index (χ2n) is 6.06. The van der Waals surface area contributed by atoms with E-state index in [2.05, 4.69) is 0 Å². The lowest BCUT2D eigenvalue weighted by atomic mass is 10.2. The standard InChI is InChI=1S/C22H23O5P/c23-28(27-26-22-14-8-3-9-15-22,24-18-16-20-10-4-1-5-11-20)25-19-17-21-12-6-2-7-13-21/h1-15H,16-19H2. The molecule has 0 atom stereocenters. The van der Waals surface area contributed by atoms with Gasteiger partial charge in [0.15, 0.2) is 5.75 Å². The highest BCUT2D eigenvalue weighted by atomic mass is 31.2. The first kappa shape index (κ1) is 20.3. The summed E-state index contributed by atoms with van der Waals surface area (Å²) in [5.41, 5.74) is 2.14. The number of phosphoric ester groups is 1. The molecule has 0 aliphatic rings. The van der Waals surface area contributed by atoms with Crippen LogP contribution in [0.15, 0.2) is 91.0 Å². The lowest BCUT2D eigenvalue weighted by molar-refractivity contribution is -0.132. The van der Waals surface area contributed by atoms with E-state index in [1.165, 1.54) is 0 Å². The van der Waals surface area contributed by atoms with Crippen molar-refractivity contribution >= 4 is 7.82 Å². The number of benzene rings is 3. The van der Waals surface area contributed by atoms with Crippen LogP contribution in [-0.4, -0.2) is 13.2 Å². The molecule has 3 aromatic rings. The molecule has 0 saturated carbocycles. The molecular weight excluding hydrogens is 375 g/mol. The second-order valence-corrected chi connectivity index (χ2v) is 7.62. The largest absolute Gasteiger partial charge is 0.511 e. The molecule has 0 fully saturated rings. The Balaban J connectivity index is 1.56. The normalized spacial score (nSPS) is 11.3. The van der Waals surface area contributed by atoms with Crippen molar-refractivity contribution in [3.63, 3.8) is 0 Å². The van der Waals surface area contributed by atoms with Gasteiger partial charge in [0.1, 0.15) is 0 Å². The molecule has 0 saturated heterocycles. The Morgan fingerprint density at radius 1 is 0.607 bits per heavy atom. The first-order valence-electron chi connectivity index (χ1n) is 9.12. The molecule has 5 nitrogen and oxygen atoms in total. The first-order valence-corrected chi connectivity index (χ1v) is 10.6. The predicted octanol–water partition coefficient (Wildman–Crippen LogP) is 5.62. The lowest BCUT2D eigenvalue weighted by Gasteiger charge is -2.17. The minimum absolute atomic E-state index is 0.185. The van der Waals surface area contributed by atoms with E-state index in [1.54, 1.807) is 24.3 Å². The van der Waals surface area contributed by atoms with Gasteiger partial charge in [-0.15, -0.1) is 0 Å². The molecule has 0 unspecified atom stereocenters. The van der Waals surface area contributed by atoms with Crippen molar-refractivity contribution in [1.29, 1.82) is 0 Å². The molecule has 0 bridgehead atoms. The molecule has 0 amide bonds. The van der Waals surface area contributed by atoms with Crippen LogP contribution < -0.4 is 4.89 Å². The molecule has 0 aliphatic carbocycles. The lowest BCUT2D eigenvalue weighted by Crippen LogP contribution is -2.07. The fraction of sp³-hybridized carbons (Fsp3) is 0.182. The molecule has 3 rings (SSSR count). The van der Waals surface area contributed by atoms with Gasteiger partial charge in [-0.05, 0) is 36.1 Å². The first-order chi connectivity index (χ1) is 13.7. The molecule has 146 valence electrons. The summed E-state index contributed by atoms with van der Waals surface area (Å²) in [5, 5.41) is 0. The van der Waals surface area contributed by atoms with E-state index in [1.807, 2.05) is 66.7 Å². The Kier molecular flexibility index (Phi) is 7.82. The smallest absolute Gasteiger partial charge is 0.327 e. The minimum atomic E-state index is -3.88. The zero-order valence-corrected chi connectivity index (χ0v) is 16.4. The van der Waals surface area contributed by atoms with Gasteiger partial charge in [-0.2, -0.15) is 0 Å². The van der Waals surface area contributed by atoms with Gasteiger partial charge in [0.25, 0.3) is 0 Å². The maximum absolute atomic E-state index is 13.0. The van der Waals surface area contributed by atoms with Gasteiger partial charge in [-0.3, -0.25) is 9.05 Å². The van der Waals surface area contributed by atoms with Crippen LogP contribution in [0.4, 0.5) is 0 Å². The van der Waals surface area contributed by atoms with Crippen LogP contribution in [0, 0.1) is 0 Å². The van der Waals surface area contributed by atoms with Crippen LogP contribution in [0.3, 0.4) is 0 Å². The highest BCUT2D eigenvalue weighted by Gasteiger charge is 2.29. The SMILES string of the molecule is O=P(OCCc1ccccc1)(OCCc1ccccc1)OOc1ccccc1. The van der Waals surface area contributed by atoms with Gasteiger partial charge in [-0.1, -0.05) is 83.5 Å². The zero-order valence-electron chi connectivity index (χ0n) is 15.5. The summed E-state index contributed by atoms with van der Waals surface area (Å²) in [6.45, 7) is 0.371. The molecule has 0 N–H and O–H groups in total. The third kappa shape index (κ3) is 6.95. The topological polar surface area (TPSA) is 54.0 Å². The fourth-order valence-electron chi connectivity index (χ4n) is 2.48. The quantitative estimate of drug-likeness (QED) is 0.238. The van der Waals surface area contributed by atoms with Crippen molar-refractivity contribution in [3.8, 4) is 5.75 Å². The molecule has 0 aromatic heterocycles. The zero-order chi connectivity index (χ0) is 19.5. The van der Waals surface area contributed by atoms with Crippen LogP contribution in [0.25, 0.3) is 0 Å². The summed E-state index contributed by atoms with van der Waals surface area (Å²) in [4.78, 5) is 5.16. The molecule has 0 spiro atoms. The monoisotopic (exact) mass is 398 g/mol. The average molecular weight is 398 g/mol. The average Bonchev–Trinajstić information content (AvgIpc) is 2.75. The third-order valence-corrected chi connectivity index (χ3v) is 5.19. The summed E-state index contributed by atoms with van der Waals surface area (Å²) >= 11 is 0. The molecule has 28 heavy (non-hydrogen) atoms. The van der Waals surface area contributed by atoms with Crippen LogP contribution in [-0.2, 0) is 31.1 Å².